The first kappa shape index (κ1) is 12.9. The lowest BCUT2D eigenvalue weighted by Gasteiger charge is -2.07. The van der Waals surface area contributed by atoms with Crippen molar-refractivity contribution in [3.05, 3.63) is 45.1 Å². The van der Waals surface area contributed by atoms with Gasteiger partial charge in [0.1, 0.15) is 6.67 Å². The van der Waals surface area contributed by atoms with Crippen molar-refractivity contribution in [3.8, 4) is 0 Å². The van der Waals surface area contributed by atoms with Gasteiger partial charge in [-0.15, -0.1) is 0 Å². The lowest BCUT2D eigenvalue weighted by atomic mass is 10.2. The summed E-state index contributed by atoms with van der Waals surface area (Å²) in [5, 5.41) is 2.71. The number of amides is 1. The molecule has 2 rings (SSSR count). The van der Waals surface area contributed by atoms with Gasteiger partial charge in [0, 0.05) is 0 Å². The molecule has 1 aromatic carbocycles. The Morgan fingerprint density at radius 2 is 2.11 bits per heavy atom. The lowest BCUT2D eigenvalue weighted by molar-refractivity contribution is 0.149. The van der Waals surface area contributed by atoms with E-state index >= 15 is 0 Å². The van der Waals surface area contributed by atoms with Gasteiger partial charge in [0.25, 0.3) is 5.56 Å². The van der Waals surface area contributed by atoms with Crippen LogP contribution in [0.1, 0.15) is 6.92 Å². The minimum absolute atomic E-state index is 0.217. The SMILES string of the molecule is CCOC(=O)NCn1c(=O)[nH]c2ccccc2c1=O. The average molecular weight is 263 g/mol. The number of hydrogen-bond donors (Lipinski definition) is 2. The van der Waals surface area contributed by atoms with Gasteiger partial charge in [-0.3, -0.25) is 4.79 Å². The number of para-hydroxylation sites is 1. The summed E-state index contributed by atoms with van der Waals surface area (Å²) in [6, 6.07) is 6.67. The molecule has 1 aromatic heterocycles. The van der Waals surface area contributed by atoms with Gasteiger partial charge in [-0.1, -0.05) is 12.1 Å². The predicted molar refractivity (Wildman–Crippen MR) is 69.0 cm³/mol. The molecule has 100 valence electrons. The molecule has 0 fully saturated rings. The van der Waals surface area contributed by atoms with Crippen molar-refractivity contribution in [2.75, 3.05) is 6.61 Å². The van der Waals surface area contributed by atoms with E-state index in [0.29, 0.717) is 10.9 Å². The van der Waals surface area contributed by atoms with Gasteiger partial charge in [0.05, 0.1) is 17.5 Å². The fourth-order valence-electron chi connectivity index (χ4n) is 1.67. The van der Waals surface area contributed by atoms with E-state index in [1.807, 2.05) is 0 Å². The molecule has 2 N–H and O–H groups in total. The maximum Gasteiger partial charge on any atom is 0.408 e. The molecule has 0 saturated carbocycles. The second kappa shape index (κ2) is 5.38. The molecule has 0 atom stereocenters. The lowest BCUT2D eigenvalue weighted by Crippen LogP contribution is -2.41. The van der Waals surface area contributed by atoms with Crippen LogP contribution in [-0.4, -0.2) is 22.3 Å². The summed E-state index contributed by atoms with van der Waals surface area (Å²) in [5.41, 5.74) is -0.582. The number of nitrogens with zero attached hydrogens (tertiary/aromatic N) is 1. The summed E-state index contributed by atoms with van der Waals surface area (Å²) in [4.78, 5) is 37.5. The van der Waals surface area contributed by atoms with Crippen LogP contribution in [0.3, 0.4) is 0 Å². The molecule has 1 amide bonds. The maximum absolute atomic E-state index is 12.1. The van der Waals surface area contributed by atoms with Crippen LogP contribution < -0.4 is 16.6 Å². The highest BCUT2D eigenvalue weighted by Crippen LogP contribution is 2.02. The second-order valence-electron chi connectivity index (χ2n) is 3.76. The molecular formula is C12H13N3O4. The molecule has 0 unspecified atom stereocenters. The van der Waals surface area contributed by atoms with Crippen LogP contribution in [0.25, 0.3) is 10.9 Å². The number of carbonyl (C=O) groups is 1. The molecule has 7 nitrogen and oxygen atoms in total. The normalized spacial score (nSPS) is 10.4. The largest absolute Gasteiger partial charge is 0.450 e. The molecule has 0 bridgehead atoms. The van der Waals surface area contributed by atoms with Crippen LogP contribution in [0.2, 0.25) is 0 Å². The fourth-order valence-corrected chi connectivity index (χ4v) is 1.67. The number of fused-ring (bicyclic) bond motifs is 1. The Labute approximate surface area is 107 Å². The summed E-state index contributed by atoms with van der Waals surface area (Å²) >= 11 is 0. The van der Waals surface area contributed by atoms with Gasteiger partial charge >= 0.3 is 11.8 Å². The van der Waals surface area contributed by atoms with E-state index in [9.17, 15) is 14.4 Å². The molecule has 0 aliphatic heterocycles. The molecule has 19 heavy (non-hydrogen) atoms. The summed E-state index contributed by atoms with van der Waals surface area (Å²) in [5.74, 6) is 0. The highest BCUT2D eigenvalue weighted by Gasteiger charge is 2.08. The quantitative estimate of drug-likeness (QED) is 0.837. The molecule has 0 saturated heterocycles. The maximum atomic E-state index is 12.1. The first-order valence-corrected chi connectivity index (χ1v) is 5.76. The summed E-state index contributed by atoms with van der Waals surface area (Å²) < 4.78 is 5.56. The minimum Gasteiger partial charge on any atom is -0.450 e. The predicted octanol–water partition coefficient (Wildman–Crippen LogP) is 0.393. The van der Waals surface area contributed by atoms with Crippen molar-refractivity contribution in [2.24, 2.45) is 0 Å². The summed E-state index contributed by atoms with van der Waals surface area (Å²) in [6.45, 7) is 1.64. The van der Waals surface area contributed by atoms with E-state index in [0.717, 1.165) is 4.57 Å². The highest BCUT2D eigenvalue weighted by atomic mass is 16.5. The zero-order valence-electron chi connectivity index (χ0n) is 10.3. The Morgan fingerprint density at radius 3 is 2.84 bits per heavy atom. The standard InChI is InChI=1S/C12H13N3O4/c1-2-19-12(18)13-7-15-10(16)8-5-3-4-6-9(8)14-11(15)17/h3-6H,2,7H2,1H3,(H,13,18)(H,14,17). The number of rotatable bonds is 3. The summed E-state index contributed by atoms with van der Waals surface area (Å²) in [7, 11) is 0. The number of benzene rings is 1. The average Bonchev–Trinajstić information content (AvgIpc) is 2.39. The number of alkyl carbamates (subject to hydrolysis) is 1. The van der Waals surface area contributed by atoms with Crippen LogP contribution in [-0.2, 0) is 11.4 Å². The molecule has 0 spiro atoms. The van der Waals surface area contributed by atoms with E-state index in [1.54, 1.807) is 31.2 Å². The van der Waals surface area contributed by atoms with Crippen LogP contribution in [0.15, 0.2) is 33.9 Å². The Bertz CT molecular complexity index is 717. The van der Waals surface area contributed by atoms with Gasteiger partial charge in [-0.2, -0.15) is 0 Å². The zero-order chi connectivity index (χ0) is 13.8. The van der Waals surface area contributed by atoms with Crippen molar-refractivity contribution in [1.29, 1.82) is 0 Å². The number of carbonyl (C=O) groups excluding carboxylic acids is 1. The molecule has 1 heterocycles. The summed E-state index contributed by atoms with van der Waals surface area (Å²) in [6.07, 6.45) is -0.679. The molecule has 0 aliphatic rings. The number of hydrogen-bond acceptors (Lipinski definition) is 4. The van der Waals surface area contributed by atoms with Gasteiger partial charge < -0.3 is 15.0 Å². The van der Waals surface area contributed by atoms with Crippen LogP contribution in [0.4, 0.5) is 4.79 Å². The second-order valence-corrected chi connectivity index (χ2v) is 3.76. The molecule has 2 aromatic rings. The van der Waals surface area contributed by atoms with Crippen molar-refractivity contribution < 1.29 is 9.53 Å². The fraction of sp³-hybridized carbons (Fsp3) is 0.250. The van der Waals surface area contributed by atoms with Crippen molar-refractivity contribution in [3.63, 3.8) is 0 Å². The topological polar surface area (TPSA) is 93.2 Å². The van der Waals surface area contributed by atoms with Gasteiger partial charge in [0.15, 0.2) is 0 Å². The van der Waals surface area contributed by atoms with Crippen LogP contribution in [0.5, 0.6) is 0 Å². The Morgan fingerprint density at radius 1 is 1.37 bits per heavy atom. The number of nitrogens with one attached hydrogen (secondary N) is 2. The van der Waals surface area contributed by atoms with Gasteiger partial charge in [0.2, 0.25) is 0 Å². The number of H-pyrrole nitrogens is 1. The van der Waals surface area contributed by atoms with Crippen molar-refractivity contribution in [1.82, 2.24) is 14.9 Å². The third-order valence-corrected chi connectivity index (χ3v) is 2.55. The molecular weight excluding hydrogens is 250 g/mol. The third-order valence-electron chi connectivity index (χ3n) is 2.55. The third kappa shape index (κ3) is 2.65. The van der Waals surface area contributed by atoms with Crippen LogP contribution >= 0.6 is 0 Å². The van der Waals surface area contributed by atoms with Gasteiger partial charge in [-0.05, 0) is 19.1 Å². The van der Waals surface area contributed by atoms with Gasteiger partial charge in [-0.25, -0.2) is 14.2 Å². The zero-order valence-corrected chi connectivity index (χ0v) is 10.3. The number of aromatic nitrogens is 2. The first-order chi connectivity index (χ1) is 9.13. The monoisotopic (exact) mass is 263 g/mol. The molecule has 0 aliphatic carbocycles. The van der Waals surface area contributed by atoms with E-state index in [-0.39, 0.29) is 13.3 Å². The van der Waals surface area contributed by atoms with E-state index in [4.69, 9.17) is 0 Å². The Hall–Kier alpha value is -2.57. The molecule has 0 radical (unpaired) electrons. The Kier molecular flexibility index (Phi) is 3.65. The first-order valence-electron chi connectivity index (χ1n) is 5.76. The number of aromatic amines is 1. The van der Waals surface area contributed by atoms with Crippen molar-refractivity contribution in [2.45, 2.75) is 13.6 Å². The Balaban J connectivity index is 2.36. The smallest absolute Gasteiger partial charge is 0.408 e. The minimum atomic E-state index is -0.679. The van der Waals surface area contributed by atoms with Crippen molar-refractivity contribution >= 4 is 17.0 Å². The number of ether oxygens (including phenoxy) is 1. The van der Waals surface area contributed by atoms with E-state index in [1.165, 1.54) is 0 Å². The van der Waals surface area contributed by atoms with E-state index in [2.05, 4.69) is 15.0 Å². The molecule has 7 heteroatoms. The van der Waals surface area contributed by atoms with E-state index < -0.39 is 17.3 Å². The van der Waals surface area contributed by atoms with Crippen LogP contribution in [0, 0.1) is 0 Å². The highest BCUT2D eigenvalue weighted by molar-refractivity contribution is 5.76.